The monoisotopic (exact) mass is 297 g/mol. The second kappa shape index (κ2) is 7.76. The van der Waals surface area contributed by atoms with Crippen molar-refractivity contribution in [1.82, 2.24) is 5.32 Å². The quantitative estimate of drug-likeness (QED) is 0.607. The smallest absolute Gasteiger partial charge is 0.179 e. The van der Waals surface area contributed by atoms with E-state index in [1.807, 2.05) is 32.0 Å². The van der Waals surface area contributed by atoms with Crippen LogP contribution in [0.1, 0.15) is 34.8 Å². The molecule has 0 bridgehead atoms. The number of carbonyl (C=O) groups is 1. The third-order valence-electron chi connectivity index (χ3n) is 3.82. The number of hydrogen-bond acceptors (Lipinski definition) is 3. The maximum absolute atomic E-state index is 12.3. The molecule has 0 aliphatic carbocycles. The molecule has 3 nitrogen and oxygen atoms in total. The van der Waals surface area contributed by atoms with E-state index in [1.165, 1.54) is 5.56 Å². The van der Waals surface area contributed by atoms with Crippen LogP contribution in [0.15, 0.2) is 48.5 Å². The van der Waals surface area contributed by atoms with E-state index in [0.717, 1.165) is 24.9 Å². The van der Waals surface area contributed by atoms with E-state index in [1.54, 1.807) is 18.2 Å². The summed E-state index contributed by atoms with van der Waals surface area (Å²) in [5.74, 6) is 0.178. The number of ketones is 1. The summed E-state index contributed by atoms with van der Waals surface area (Å²) in [5, 5.41) is 13.0. The molecule has 2 aromatic carbocycles. The Hall–Kier alpha value is -2.13. The summed E-state index contributed by atoms with van der Waals surface area (Å²) >= 11 is 0. The van der Waals surface area contributed by atoms with Crippen LogP contribution in [0.5, 0.6) is 5.75 Å². The van der Waals surface area contributed by atoms with Crippen molar-refractivity contribution in [2.45, 2.75) is 32.7 Å². The molecule has 3 heteroatoms. The van der Waals surface area contributed by atoms with Crippen molar-refractivity contribution in [2.24, 2.45) is 0 Å². The number of Topliss-reactive ketones (excluding diaryl/α,β-unsaturated/α-hetero) is 1. The molecule has 22 heavy (non-hydrogen) atoms. The van der Waals surface area contributed by atoms with Gasteiger partial charge in [0.25, 0.3) is 0 Å². The Morgan fingerprint density at radius 1 is 1.18 bits per heavy atom. The normalized spacial score (nSPS) is 12.1. The van der Waals surface area contributed by atoms with Crippen LogP contribution in [0.2, 0.25) is 0 Å². The van der Waals surface area contributed by atoms with E-state index in [-0.39, 0.29) is 17.6 Å². The minimum atomic E-state index is -0.252. The molecule has 0 fully saturated rings. The van der Waals surface area contributed by atoms with E-state index in [2.05, 4.69) is 17.4 Å². The van der Waals surface area contributed by atoms with Gasteiger partial charge in [0.2, 0.25) is 0 Å². The van der Waals surface area contributed by atoms with Crippen molar-refractivity contribution in [3.63, 3.8) is 0 Å². The molecule has 116 valence electrons. The highest BCUT2D eigenvalue weighted by Crippen LogP contribution is 2.18. The first-order chi connectivity index (χ1) is 10.6. The van der Waals surface area contributed by atoms with Crippen LogP contribution < -0.4 is 5.32 Å². The molecule has 0 saturated carbocycles. The molecular formula is C19H23NO2. The van der Waals surface area contributed by atoms with Gasteiger partial charge in [0.15, 0.2) is 5.78 Å². The molecule has 0 aliphatic rings. The van der Waals surface area contributed by atoms with Crippen molar-refractivity contribution < 1.29 is 9.90 Å². The second-order valence-electron chi connectivity index (χ2n) is 5.63. The molecule has 0 radical (unpaired) electrons. The summed E-state index contributed by atoms with van der Waals surface area (Å²) in [7, 11) is 0. The molecule has 1 unspecified atom stereocenters. The fourth-order valence-electron chi connectivity index (χ4n) is 2.36. The van der Waals surface area contributed by atoms with Gasteiger partial charge in [0, 0.05) is 5.56 Å². The van der Waals surface area contributed by atoms with Gasteiger partial charge in [-0.1, -0.05) is 42.5 Å². The average Bonchev–Trinajstić information content (AvgIpc) is 2.54. The summed E-state index contributed by atoms with van der Waals surface area (Å²) in [4.78, 5) is 12.3. The topological polar surface area (TPSA) is 49.3 Å². The maximum Gasteiger partial charge on any atom is 0.179 e. The standard InChI is InChI=1S/C19H23NO2/c1-14-10-11-17(13-18(14)21)19(22)15(2)20-12-6-9-16-7-4-3-5-8-16/h3-5,7-8,10-11,13,15,20-21H,6,9,12H2,1-2H3. The van der Waals surface area contributed by atoms with Crippen LogP contribution >= 0.6 is 0 Å². The lowest BCUT2D eigenvalue weighted by molar-refractivity contribution is 0.0950. The van der Waals surface area contributed by atoms with Gasteiger partial charge in [-0.25, -0.2) is 0 Å². The first-order valence-corrected chi connectivity index (χ1v) is 7.69. The van der Waals surface area contributed by atoms with E-state index < -0.39 is 0 Å². The van der Waals surface area contributed by atoms with Gasteiger partial charge in [0.05, 0.1) is 6.04 Å². The van der Waals surface area contributed by atoms with Crippen LogP contribution in [-0.2, 0) is 6.42 Å². The molecule has 2 rings (SSSR count). The summed E-state index contributed by atoms with van der Waals surface area (Å²) in [6, 6.07) is 15.1. The molecule has 0 heterocycles. The number of aryl methyl sites for hydroxylation is 2. The Kier molecular flexibility index (Phi) is 5.73. The summed E-state index contributed by atoms with van der Waals surface area (Å²) in [6.45, 7) is 4.47. The number of rotatable bonds is 7. The molecule has 0 aliphatic heterocycles. The molecule has 2 aromatic rings. The van der Waals surface area contributed by atoms with Gasteiger partial charge in [-0.2, -0.15) is 0 Å². The zero-order valence-corrected chi connectivity index (χ0v) is 13.2. The number of aromatic hydroxyl groups is 1. The average molecular weight is 297 g/mol. The Labute approximate surface area is 132 Å². The molecule has 1 atom stereocenters. The van der Waals surface area contributed by atoms with E-state index in [4.69, 9.17) is 0 Å². The number of hydrogen-bond donors (Lipinski definition) is 2. The minimum absolute atomic E-state index is 0.00927. The fourth-order valence-corrected chi connectivity index (χ4v) is 2.36. The first kappa shape index (κ1) is 16.2. The summed E-state index contributed by atoms with van der Waals surface area (Å²) < 4.78 is 0. The Bertz CT molecular complexity index is 623. The van der Waals surface area contributed by atoms with Crippen molar-refractivity contribution in [3.8, 4) is 5.75 Å². The number of benzene rings is 2. The lowest BCUT2D eigenvalue weighted by Crippen LogP contribution is -2.34. The molecule has 0 aromatic heterocycles. The van der Waals surface area contributed by atoms with Gasteiger partial charge in [-0.3, -0.25) is 4.79 Å². The number of phenolic OH excluding ortho intramolecular Hbond substituents is 1. The highest BCUT2D eigenvalue weighted by atomic mass is 16.3. The minimum Gasteiger partial charge on any atom is -0.508 e. The predicted molar refractivity (Wildman–Crippen MR) is 89.4 cm³/mol. The third-order valence-corrected chi connectivity index (χ3v) is 3.82. The van der Waals surface area contributed by atoms with Gasteiger partial charge >= 0.3 is 0 Å². The fraction of sp³-hybridized carbons (Fsp3) is 0.316. The molecular weight excluding hydrogens is 274 g/mol. The molecule has 0 amide bonds. The van der Waals surface area contributed by atoms with Crippen molar-refractivity contribution in [2.75, 3.05) is 6.54 Å². The Morgan fingerprint density at radius 3 is 2.59 bits per heavy atom. The molecule has 0 spiro atoms. The lowest BCUT2D eigenvalue weighted by atomic mass is 10.0. The second-order valence-corrected chi connectivity index (χ2v) is 5.63. The Balaban J connectivity index is 1.80. The zero-order valence-electron chi connectivity index (χ0n) is 13.2. The summed E-state index contributed by atoms with van der Waals surface area (Å²) in [6.07, 6.45) is 1.99. The van der Waals surface area contributed by atoms with Gasteiger partial charge in [-0.15, -0.1) is 0 Å². The van der Waals surface area contributed by atoms with Crippen LogP contribution in [0.25, 0.3) is 0 Å². The van der Waals surface area contributed by atoms with E-state index in [0.29, 0.717) is 5.56 Å². The maximum atomic E-state index is 12.3. The van der Waals surface area contributed by atoms with Crippen LogP contribution in [0.3, 0.4) is 0 Å². The van der Waals surface area contributed by atoms with Crippen molar-refractivity contribution in [3.05, 3.63) is 65.2 Å². The number of carbonyl (C=O) groups excluding carboxylic acids is 1. The Morgan fingerprint density at radius 2 is 1.91 bits per heavy atom. The third kappa shape index (κ3) is 4.43. The van der Waals surface area contributed by atoms with Gasteiger partial charge in [0.1, 0.15) is 5.75 Å². The number of phenols is 1. The van der Waals surface area contributed by atoms with E-state index in [9.17, 15) is 9.90 Å². The predicted octanol–water partition coefficient (Wildman–Crippen LogP) is 3.49. The molecule has 0 saturated heterocycles. The SMILES string of the molecule is Cc1ccc(C(=O)C(C)NCCCc2ccccc2)cc1O. The van der Waals surface area contributed by atoms with Crippen LogP contribution in [0.4, 0.5) is 0 Å². The van der Waals surface area contributed by atoms with E-state index >= 15 is 0 Å². The first-order valence-electron chi connectivity index (χ1n) is 7.69. The molecule has 2 N–H and O–H groups in total. The van der Waals surface area contributed by atoms with Gasteiger partial charge in [-0.05, 0) is 50.4 Å². The highest BCUT2D eigenvalue weighted by molar-refractivity contribution is 6.00. The summed E-state index contributed by atoms with van der Waals surface area (Å²) in [5.41, 5.74) is 2.64. The number of nitrogens with one attached hydrogen (secondary N) is 1. The van der Waals surface area contributed by atoms with Crippen LogP contribution in [0, 0.1) is 6.92 Å². The lowest BCUT2D eigenvalue weighted by Gasteiger charge is -2.13. The van der Waals surface area contributed by atoms with Crippen molar-refractivity contribution >= 4 is 5.78 Å². The van der Waals surface area contributed by atoms with Crippen molar-refractivity contribution in [1.29, 1.82) is 0 Å². The van der Waals surface area contributed by atoms with Crippen LogP contribution in [-0.4, -0.2) is 23.5 Å². The zero-order chi connectivity index (χ0) is 15.9. The van der Waals surface area contributed by atoms with Gasteiger partial charge < -0.3 is 10.4 Å². The largest absolute Gasteiger partial charge is 0.508 e. The highest BCUT2D eigenvalue weighted by Gasteiger charge is 2.15.